The van der Waals surface area contributed by atoms with Gasteiger partial charge < -0.3 is 10.1 Å². The number of rotatable bonds is 8. The third kappa shape index (κ3) is 5.64. The van der Waals surface area contributed by atoms with Gasteiger partial charge in [0, 0.05) is 13.1 Å². The van der Waals surface area contributed by atoms with Crippen molar-refractivity contribution in [2.45, 2.75) is 58.6 Å². The summed E-state index contributed by atoms with van der Waals surface area (Å²) in [5.74, 6) is 0.728. The third-order valence-corrected chi connectivity index (χ3v) is 3.93. The lowest BCUT2D eigenvalue weighted by atomic mass is 10.0. The molecule has 0 aliphatic heterocycles. The summed E-state index contributed by atoms with van der Waals surface area (Å²) in [6.07, 6.45) is 6.92. The second-order valence-electron chi connectivity index (χ2n) is 6.37. The fourth-order valence-electron chi connectivity index (χ4n) is 2.85. The Labute approximate surface area is 123 Å². The minimum absolute atomic E-state index is 0.534. The smallest absolute Gasteiger partial charge is 0.0594 e. The van der Waals surface area contributed by atoms with Crippen molar-refractivity contribution in [3.05, 3.63) is 35.4 Å². The first-order valence-corrected chi connectivity index (χ1v) is 8.14. The fraction of sp³-hybridized carbons (Fsp3) is 0.667. The van der Waals surface area contributed by atoms with E-state index in [1.165, 1.54) is 43.2 Å². The molecule has 1 N–H and O–H groups in total. The molecular weight excluding hydrogens is 246 g/mol. The van der Waals surface area contributed by atoms with Crippen LogP contribution in [0.3, 0.4) is 0 Å². The van der Waals surface area contributed by atoms with Crippen LogP contribution in [0.25, 0.3) is 0 Å². The topological polar surface area (TPSA) is 21.3 Å². The van der Waals surface area contributed by atoms with Crippen LogP contribution < -0.4 is 5.32 Å². The number of hydrogen-bond acceptors (Lipinski definition) is 2. The molecule has 20 heavy (non-hydrogen) atoms. The molecule has 112 valence electrons. The molecule has 0 heterocycles. The van der Waals surface area contributed by atoms with Crippen molar-refractivity contribution in [2.24, 2.45) is 5.92 Å². The summed E-state index contributed by atoms with van der Waals surface area (Å²) in [4.78, 5) is 0. The van der Waals surface area contributed by atoms with Gasteiger partial charge in [0.15, 0.2) is 0 Å². The number of hydrogen-bond donors (Lipinski definition) is 1. The molecule has 0 amide bonds. The molecule has 0 aromatic heterocycles. The van der Waals surface area contributed by atoms with E-state index in [0.717, 1.165) is 25.6 Å². The molecule has 2 nitrogen and oxygen atoms in total. The standard InChI is InChI=1S/C18H29NO/c1-15(2)13-16-7-9-17(10-8-16)14-19-11-12-20-18-5-3-4-6-18/h7-10,15,18-19H,3-6,11-14H2,1-2H3. The normalized spacial score (nSPS) is 16.1. The van der Waals surface area contributed by atoms with Gasteiger partial charge in [0.1, 0.15) is 0 Å². The van der Waals surface area contributed by atoms with Crippen molar-refractivity contribution in [2.75, 3.05) is 13.2 Å². The molecule has 0 unspecified atom stereocenters. The van der Waals surface area contributed by atoms with Gasteiger partial charge in [-0.05, 0) is 36.3 Å². The zero-order chi connectivity index (χ0) is 14.2. The molecule has 1 saturated carbocycles. The van der Waals surface area contributed by atoms with E-state index in [-0.39, 0.29) is 0 Å². The van der Waals surface area contributed by atoms with Crippen molar-refractivity contribution in [1.82, 2.24) is 5.32 Å². The lowest BCUT2D eigenvalue weighted by Gasteiger charge is -2.11. The van der Waals surface area contributed by atoms with Crippen LogP contribution >= 0.6 is 0 Å². The van der Waals surface area contributed by atoms with Gasteiger partial charge in [0.05, 0.1) is 12.7 Å². The van der Waals surface area contributed by atoms with Gasteiger partial charge in [0.2, 0.25) is 0 Å². The molecule has 1 aromatic carbocycles. The van der Waals surface area contributed by atoms with Gasteiger partial charge in [-0.1, -0.05) is 51.0 Å². The lowest BCUT2D eigenvalue weighted by molar-refractivity contribution is 0.0603. The second kappa shape index (κ2) is 8.43. The summed E-state index contributed by atoms with van der Waals surface area (Å²) in [5.41, 5.74) is 2.80. The Balaban J connectivity index is 1.58. The molecule has 0 radical (unpaired) electrons. The minimum atomic E-state index is 0.534. The summed E-state index contributed by atoms with van der Waals surface area (Å²) in [6.45, 7) is 7.26. The van der Waals surface area contributed by atoms with E-state index in [1.54, 1.807) is 0 Å². The van der Waals surface area contributed by atoms with Crippen LogP contribution in [0, 0.1) is 5.92 Å². The molecule has 0 atom stereocenters. The first-order chi connectivity index (χ1) is 9.74. The Morgan fingerprint density at radius 1 is 1.10 bits per heavy atom. The van der Waals surface area contributed by atoms with Crippen molar-refractivity contribution in [3.8, 4) is 0 Å². The monoisotopic (exact) mass is 275 g/mol. The van der Waals surface area contributed by atoms with Crippen LogP contribution in [0.4, 0.5) is 0 Å². The maximum atomic E-state index is 5.84. The molecule has 0 spiro atoms. The third-order valence-electron chi connectivity index (χ3n) is 3.93. The first-order valence-electron chi connectivity index (χ1n) is 8.14. The predicted molar refractivity (Wildman–Crippen MR) is 84.9 cm³/mol. The average molecular weight is 275 g/mol. The zero-order valence-corrected chi connectivity index (χ0v) is 13.0. The molecular formula is C18H29NO. The van der Waals surface area contributed by atoms with E-state index in [2.05, 4.69) is 43.4 Å². The van der Waals surface area contributed by atoms with E-state index in [0.29, 0.717) is 6.10 Å². The highest BCUT2D eigenvalue weighted by Crippen LogP contribution is 2.20. The van der Waals surface area contributed by atoms with Crippen LogP contribution in [0.2, 0.25) is 0 Å². The van der Waals surface area contributed by atoms with Crippen LogP contribution in [0.15, 0.2) is 24.3 Å². The molecule has 1 aliphatic carbocycles. The number of benzene rings is 1. The van der Waals surface area contributed by atoms with Crippen LogP contribution in [0.5, 0.6) is 0 Å². The van der Waals surface area contributed by atoms with Gasteiger partial charge in [-0.25, -0.2) is 0 Å². The predicted octanol–water partition coefficient (Wildman–Crippen LogP) is 3.93. The van der Waals surface area contributed by atoms with Gasteiger partial charge in [-0.15, -0.1) is 0 Å². The van der Waals surface area contributed by atoms with E-state index < -0.39 is 0 Å². The quantitative estimate of drug-likeness (QED) is 0.726. The number of ether oxygens (including phenoxy) is 1. The van der Waals surface area contributed by atoms with Crippen molar-refractivity contribution in [1.29, 1.82) is 0 Å². The summed E-state index contributed by atoms with van der Waals surface area (Å²) in [6, 6.07) is 8.99. The molecule has 1 aliphatic rings. The Morgan fingerprint density at radius 3 is 2.40 bits per heavy atom. The van der Waals surface area contributed by atoms with Crippen molar-refractivity contribution < 1.29 is 4.74 Å². The summed E-state index contributed by atoms with van der Waals surface area (Å²) >= 11 is 0. The molecule has 2 heteroatoms. The Kier molecular flexibility index (Phi) is 6.55. The average Bonchev–Trinajstić information content (AvgIpc) is 2.93. The summed E-state index contributed by atoms with van der Waals surface area (Å²) in [7, 11) is 0. The largest absolute Gasteiger partial charge is 0.377 e. The SMILES string of the molecule is CC(C)Cc1ccc(CNCCOC2CCCC2)cc1. The van der Waals surface area contributed by atoms with Crippen LogP contribution in [-0.4, -0.2) is 19.3 Å². The van der Waals surface area contributed by atoms with Gasteiger partial charge in [-0.2, -0.15) is 0 Å². The second-order valence-corrected chi connectivity index (χ2v) is 6.37. The fourth-order valence-corrected chi connectivity index (χ4v) is 2.85. The zero-order valence-electron chi connectivity index (χ0n) is 13.0. The first kappa shape index (κ1) is 15.5. The van der Waals surface area contributed by atoms with E-state index in [9.17, 15) is 0 Å². The molecule has 1 fully saturated rings. The van der Waals surface area contributed by atoms with E-state index >= 15 is 0 Å². The van der Waals surface area contributed by atoms with E-state index in [4.69, 9.17) is 4.74 Å². The summed E-state index contributed by atoms with van der Waals surface area (Å²) in [5, 5.41) is 3.46. The van der Waals surface area contributed by atoms with Crippen molar-refractivity contribution >= 4 is 0 Å². The molecule has 2 rings (SSSR count). The highest BCUT2D eigenvalue weighted by atomic mass is 16.5. The van der Waals surface area contributed by atoms with Crippen LogP contribution in [-0.2, 0) is 17.7 Å². The molecule has 0 saturated heterocycles. The Bertz CT molecular complexity index is 366. The van der Waals surface area contributed by atoms with Crippen LogP contribution in [0.1, 0.15) is 50.7 Å². The van der Waals surface area contributed by atoms with Gasteiger partial charge in [-0.3, -0.25) is 0 Å². The van der Waals surface area contributed by atoms with Gasteiger partial charge in [0.25, 0.3) is 0 Å². The summed E-state index contributed by atoms with van der Waals surface area (Å²) < 4.78 is 5.84. The maximum Gasteiger partial charge on any atom is 0.0594 e. The highest BCUT2D eigenvalue weighted by molar-refractivity contribution is 5.22. The van der Waals surface area contributed by atoms with E-state index in [1.807, 2.05) is 0 Å². The minimum Gasteiger partial charge on any atom is -0.377 e. The lowest BCUT2D eigenvalue weighted by Crippen LogP contribution is -2.21. The Morgan fingerprint density at radius 2 is 1.75 bits per heavy atom. The van der Waals surface area contributed by atoms with Crippen molar-refractivity contribution in [3.63, 3.8) is 0 Å². The maximum absolute atomic E-state index is 5.84. The van der Waals surface area contributed by atoms with Gasteiger partial charge >= 0.3 is 0 Å². The molecule has 0 bridgehead atoms. The highest BCUT2D eigenvalue weighted by Gasteiger charge is 2.14. The Hall–Kier alpha value is -0.860. The number of nitrogens with one attached hydrogen (secondary N) is 1. The molecule has 1 aromatic rings.